The fraction of sp³-hybridized carbons (Fsp3) is 0.222. The summed E-state index contributed by atoms with van der Waals surface area (Å²) in [5, 5.41) is 0. The van der Waals surface area contributed by atoms with Gasteiger partial charge in [0, 0.05) is 50.0 Å². The minimum Gasteiger partial charge on any atom is -0.291 e. The maximum atomic E-state index is 4.77. The SMILES string of the molecule is c1ccc(CN2CCc3cnc(-c4ccncc4)nc3C2)nc1. The average Bonchev–Trinajstić information content (AvgIpc) is 2.63. The highest BCUT2D eigenvalue weighted by atomic mass is 15.1. The van der Waals surface area contributed by atoms with E-state index < -0.39 is 0 Å². The van der Waals surface area contributed by atoms with Crippen molar-refractivity contribution in [3.05, 3.63) is 72.1 Å². The van der Waals surface area contributed by atoms with Crippen LogP contribution < -0.4 is 0 Å². The first-order valence-electron chi connectivity index (χ1n) is 7.76. The maximum absolute atomic E-state index is 4.77. The van der Waals surface area contributed by atoms with E-state index in [1.54, 1.807) is 12.4 Å². The van der Waals surface area contributed by atoms with Crippen molar-refractivity contribution in [1.82, 2.24) is 24.8 Å². The average molecular weight is 303 g/mol. The zero-order chi connectivity index (χ0) is 15.5. The molecule has 0 aromatic carbocycles. The van der Waals surface area contributed by atoms with Gasteiger partial charge in [0.05, 0.1) is 11.4 Å². The van der Waals surface area contributed by atoms with E-state index in [9.17, 15) is 0 Å². The Bertz CT molecular complexity index is 789. The molecule has 3 aromatic heterocycles. The molecule has 0 amide bonds. The van der Waals surface area contributed by atoms with Gasteiger partial charge >= 0.3 is 0 Å². The third kappa shape index (κ3) is 3.10. The molecule has 1 aliphatic heterocycles. The number of hydrogen-bond donors (Lipinski definition) is 0. The van der Waals surface area contributed by atoms with Crippen LogP contribution in [0.3, 0.4) is 0 Å². The summed E-state index contributed by atoms with van der Waals surface area (Å²) in [5.74, 6) is 0.769. The van der Waals surface area contributed by atoms with E-state index in [4.69, 9.17) is 4.98 Å². The molecule has 0 radical (unpaired) electrons. The Morgan fingerprint density at radius 2 is 1.91 bits per heavy atom. The predicted octanol–water partition coefficient (Wildman–Crippen LogP) is 2.49. The minimum absolute atomic E-state index is 0.769. The zero-order valence-corrected chi connectivity index (χ0v) is 12.8. The Hall–Kier alpha value is -2.66. The molecule has 0 saturated carbocycles. The number of fused-ring (bicyclic) bond motifs is 1. The van der Waals surface area contributed by atoms with Gasteiger partial charge in [-0.3, -0.25) is 14.9 Å². The van der Waals surface area contributed by atoms with Crippen LogP contribution in [0.5, 0.6) is 0 Å². The van der Waals surface area contributed by atoms with Crippen LogP contribution in [0.2, 0.25) is 0 Å². The minimum atomic E-state index is 0.769. The number of rotatable bonds is 3. The molecule has 4 rings (SSSR count). The van der Waals surface area contributed by atoms with Crippen LogP contribution in [0.1, 0.15) is 17.0 Å². The maximum Gasteiger partial charge on any atom is 0.159 e. The van der Waals surface area contributed by atoms with Gasteiger partial charge in [-0.1, -0.05) is 6.07 Å². The van der Waals surface area contributed by atoms with Crippen molar-refractivity contribution in [3.63, 3.8) is 0 Å². The van der Waals surface area contributed by atoms with Crippen LogP contribution in [-0.2, 0) is 19.5 Å². The fourth-order valence-corrected chi connectivity index (χ4v) is 2.85. The summed E-state index contributed by atoms with van der Waals surface area (Å²) in [6, 6.07) is 9.93. The topological polar surface area (TPSA) is 54.8 Å². The molecule has 4 heterocycles. The molecule has 0 spiro atoms. The lowest BCUT2D eigenvalue weighted by atomic mass is 10.1. The Kier molecular flexibility index (Phi) is 3.78. The number of pyridine rings is 2. The summed E-state index contributed by atoms with van der Waals surface area (Å²) in [6.45, 7) is 2.71. The molecular formula is C18H17N5. The number of hydrogen-bond acceptors (Lipinski definition) is 5. The lowest BCUT2D eigenvalue weighted by Crippen LogP contribution is -2.31. The first-order chi connectivity index (χ1) is 11.4. The third-order valence-electron chi connectivity index (χ3n) is 4.08. The third-order valence-corrected chi connectivity index (χ3v) is 4.08. The van der Waals surface area contributed by atoms with Crippen molar-refractivity contribution in [2.24, 2.45) is 0 Å². The van der Waals surface area contributed by atoms with Crippen LogP contribution >= 0.6 is 0 Å². The van der Waals surface area contributed by atoms with Crippen molar-refractivity contribution in [3.8, 4) is 11.4 Å². The van der Waals surface area contributed by atoms with E-state index in [-0.39, 0.29) is 0 Å². The van der Waals surface area contributed by atoms with Crippen LogP contribution in [0.25, 0.3) is 11.4 Å². The molecule has 0 fully saturated rings. The second-order valence-corrected chi connectivity index (χ2v) is 5.68. The summed E-state index contributed by atoms with van der Waals surface area (Å²) >= 11 is 0. The molecule has 23 heavy (non-hydrogen) atoms. The molecule has 0 aliphatic carbocycles. The van der Waals surface area contributed by atoms with Gasteiger partial charge in [0.2, 0.25) is 0 Å². The smallest absolute Gasteiger partial charge is 0.159 e. The summed E-state index contributed by atoms with van der Waals surface area (Å²) in [5.41, 5.74) is 4.47. The van der Waals surface area contributed by atoms with E-state index in [1.165, 1.54) is 5.56 Å². The van der Waals surface area contributed by atoms with E-state index in [0.717, 1.165) is 48.8 Å². The van der Waals surface area contributed by atoms with Gasteiger partial charge < -0.3 is 0 Å². The summed E-state index contributed by atoms with van der Waals surface area (Å²) < 4.78 is 0. The van der Waals surface area contributed by atoms with Gasteiger partial charge in [-0.25, -0.2) is 9.97 Å². The van der Waals surface area contributed by atoms with Crippen LogP contribution in [0, 0.1) is 0 Å². The van der Waals surface area contributed by atoms with Gasteiger partial charge in [0.15, 0.2) is 5.82 Å². The van der Waals surface area contributed by atoms with Gasteiger partial charge in [-0.15, -0.1) is 0 Å². The Morgan fingerprint density at radius 3 is 2.74 bits per heavy atom. The summed E-state index contributed by atoms with van der Waals surface area (Å²) in [4.78, 5) is 20.1. The monoisotopic (exact) mass is 303 g/mol. The molecule has 3 aromatic rings. The Morgan fingerprint density at radius 1 is 1.00 bits per heavy atom. The van der Waals surface area contributed by atoms with Crippen LogP contribution in [0.15, 0.2) is 55.1 Å². The highest BCUT2D eigenvalue weighted by Gasteiger charge is 2.19. The van der Waals surface area contributed by atoms with E-state index >= 15 is 0 Å². The summed E-state index contributed by atoms with van der Waals surface area (Å²) in [7, 11) is 0. The Balaban J connectivity index is 1.56. The highest BCUT2D eigenvalue weighted by molar-refractivity contribution is 5.54. The van der Waals surface area contributed by atoms with Crippen molar-refractivity contribution in [1.29, 1.82) is 0 Å². The normalized spacial score (nSPS) is 14.4. The first-order valence-corrected chi connectivity index (χ1v) is 7.76. The molecule has 0 N–H and O–H groups in total. The molecule has 0 saturated heterocycles. The molecule has 0 bridgehead atoms. The van der Waals surface area contributed by atoms with Crippen molar-refractivity contribution < 1.29 is 0 Å². The lowest BCUT2D eigenvalue weighted by Gasteiger charge is -2.27. The molecule has 114 valence electrons. The zero-order valence-electron chi connectivity index (χ0n) is 12.8. The van der Waals surface area contributed by atoms with Crippen molar-refractivity contribution in [2.45, 2.75) is 19.5 Å². The second kappa shape index (κ2) is 6.22. The van der Waals surface area contributed by atoms with Crippen molar-refractivity contribution in [2.75, 3.05) is 6.54 Å². The molecule has 5 heteroatoms. The fourth-order valence-electron chi connectivity index (χ4n) is 2.85. The summed E-state index contributed by atoms with van der Waals surface area (Å²) in [6.07, 6.45) is 8.34. The quantitative estimate of drug-likeness (QED) is 0.744. The lowest BCUT2D eigenvalue weighted by molar-refractivity contribution is 0.238. The highest BCUT2D eigenvalue weighted by Crippen LogP contribution is 2.21. The number of aromatic nitrogens is 4. The van der Waals surface area contributed by atoms with E-state index in [0.29, 0.717) is 0 Å². The molecule has 1 aliphatic rings. The second-order valence-electron chi connectivity index (χ2n) is 5.68. The number of nitrogens with zero attached hydrogens (tertiary/aromatic N) is 5. The van der Waals surface area contributed by atoms with Gasteiger partial charge in [0.25, 0.3) is 0 Å². The predicted molar refractivity (Wildman–Crippen MR) is 87.3 cm³/mol. The molecule has 0 unspecified atom stereocenters. The van der Waals surface area contributed by atoms with Gasteiger partial charge in [-0.05, 0) is 36.2 Å². The largest absolute Gasteiger partial charge is 0.291 e. The molecular weight excluding hydrogens is 286 g/mol. The van der Waals surface area contributed by atoms with Gasteiger partial charge in [-0.2, -0.15) is 0 Å². The van der Waals surface area contributed by atoms with Crippen LogP contribution in [-0.4, -0.2) is 31.4 Å². The Labute approximate surface area is 135 Å². The molecule has 0 atom stereocenters. The van der Waals surface area contributed by atoms with Crippen molar-refractivity contribution >= 4 is 0 Å². The van der Waals surface area contributed by atoms with E-state index in [1.807, 2.05) is 36.7 Å². The van der Waals surface area contributed by atoms with Gasteiger partial charge in [0.1, 0.15) is 0 Å². The van der Waals surface area contributed by atoms with Crippen LogP contribution in [0.4, 0.5) is 0 Å². The standard InChI is InChI=1S/C18H17N5/c1-2-7-20-16(3-1)12-23-10-6-15-11-21-18(22-17(15)13-23)14-4-8-19-9-5-14/h1-5,7-9,11H,6,10,12-13H2. The first kappa shape index (κ1) is 14.0. The molecule has 5 nitrogen and oxygen atoms in total. The van der Waals surface area contributed by atoms with E-state index in [2.05, 4.69) is 25.9 Å².